The number of alkyl halides is 3. The molecule has 0 bridgehead atoms. The number of hydrogen-bond acceptors (Lipinski definition) is 2. The van der Waals surface area contributed by atoms with Crippen LogP contribution in [0.1, 0.15) is 33.6 Å². The molecule has 29 heavy (non-hydrogen) atoms. The summed E-state index contributed by atoms with van der Waals surface area (Å²) in [5.74, 6) is -1.66. The van der Waals surface area contributed by atoms with Gasteiger partial charge in [-0.1, -0.05) is 29.8 Å². The standard InChI is InChI=1S/C21H17F4N3O/c1-13-8-9-17-14(11-13)5-4-10-27(17)20(29)15-12-26-28(19(15)21(23,24)25)18-7-3-2-6-16(18)22/h2-3,6-9,11-12H,4-5,10H2,1H3. The molecule has 150 valence electrons. The maximum Gasteiger partial charge on any atom is 0.434 e. The predicted molar refractivity (Wildman–Crippen MR) is 99.7 cm³/mol. The minimum Gasteiger partial charge on any atom is -0.308 e. The smallest absolute Gasteiger partial charge is 0.308 e. The van der Waals surface area contributed by atoms with E-state index < -0.39 is 29.2 Å². The topological polar surface area (TPSA) is 38.1 Å². The molecule has 0 atom stereocenters. The van der Waals surface area contributed by atoms with Crippen molar-refractivity contribution in [2.45, 2.75) is 25.9 Å². The summed E-state index contributed by atoms with van der Waals surface area (Å²) < 4.78 is 56.2. The minimum absolute atomic E-state index is 0.303. The highest BCUT2D eigenvalue weighted by atomic mass is 19.4. The average molecular weight is 403 g/mol. The van der Waals surface area contributed by atoms with Crippen LogP contribution in [0, 0.1) is 12.7 Å². The Morgan fingerprint density at radius 2 is 1.86 bits per heavy atom. The number of hydrogen-bond donors (Lipinski definition) is 0. The molecule has 0 N–H and O–H groups in total. The van der Waals surface area contributed by atoms with Gasteiger partial charge in [-0.3, -0.25) is 4.79 Å². The maximum atomic E-state index is 14.1. The van der Waals surface area contributed by atoms with Gasteiger partial charge in [0.05, 0.1) is 11.8 Å². The fraction of sp³-hybridized carbons (Fsp3) is 0.238. The summed E-state index contributed by atoms with van der Waals surface area (Å²) >= 11 is 0. The Hall–Kier alpha value is -3.16. The van der Waals surface area contributed by atoms with E-state index in [2.05, 4.69) is 5.10 Å². The molecular formula is C21H17F4N3O. The van der Waals surface area contributed by atoms with Gasteiger partial charge >= 0.3 is 6.18 Å². The van der Waals surface area contributed by atoms with E-state index in [1.165, 1.54) is 23.1 Å². The van der Waals surface area contributed by atoms with Gasteiger partial charge in [0, 0.05) is 12.2 Å². The lowest BCUT2D eigenvalue weighted by Crippen LogP contribution is -2.36. The number of carbonyl (C=O) groups is 1. The van der Waals surface area contributed by atoms with Gasteiger partial charge in [0.25, 0.3) is 5.91 Å². The van der Waals surface area contributed by atoms with E-state index in [0.29, 0.717) is 23.3 Å². The fourth-order valence-corrected chi connectivity index (χ4v) is 3.67. The van der Waals surface area contributed by atoms with Crippen LogP contribution in [0.4, 0.5) is 23.2 Å². The van der Waals surface area contributed by atoms with Gasteiger partial charge < -0.3 is 4.90 Å². The van der Waals surface area contributed by atoms with Crippen molar-refractivity contribution in [2.24, 2.45) is 0 Å². The van der Waals surface area contributed by atoms with Crippen molar-refractivity contribution < 1.29 is 22.4 Å². The molecule has 2 aromatic carbocycles. The van der Waals surface area contributed by atoms with Crippen molar-refractivity contribution in [1.29, 1.82) is 0 Å². The van der Waals surface area contributed by atoms with Gasteiger partial charge in [-0.25, -0.2) is 9.07 Å². The predicted octanol–water partition coefficient (Wildman–Crippen LogP) is 4.93. The Bertz CT molecular complexity index is 1090. The third-order valence-electron chi connectivity index (χ3n) is 4.95. The highest BCUT2D eigenvalue weighted by Gasteiger charge is 2.42. The lowest BCUT2D eigenvalue weighted by atomic mass is 9.99. The second-order valence-corrected chi connectivity index (χ2v) is 6.96. The Morgan fingerprint density at radius 3 is 2.59 bits per heavy atom. The minimum atomic E-state index is -4.89. The lowest BCUT2D eigenvalue weighted by Gasteiger charge is -2.30. The molecule has 0 fully saturated rings. The van der Waals surface area contributed by atoms with Crippen LogP contribution in [0.3, 0.4) is 0 Å². The molecule has 1 amide bonds. The van der Waals surface area contributed by atoms with Crippen LogP contribution in [0.15, 0.2) is 48.7 Å². The first kappa shape index (κ1) is 19.2. The largest absolute Gasteiger partial charge is 0.434 e. The number of rotatable bonds is 2. The van der Waals surface area contributed by atoms with Crippen molar-refractivity contribution in [2.75, 3.05) is 11.4 Å². The van der Waals surface area contributed by atoms with E-state index in [1.807, 2.05) is 19.1 Å². The Labute approximate surface area is 164 Å². The van der Waals surface area contributed by atoms with Crippen molar-refractivity contribution in [1.82, 2.24) is 9.78 Å². The molecule has 8 heteroatoms. The number of nitrogens with zero attached hydrogens (tertiary/aromatic N) is 3. The molecule has 0 unspecified atom stereocenters. The molecule has 1 aliphatic heterocycles. The molecular weight excluding hydrogens is 386 g/mol. The van der Waals surface area contributed by atoms with Gasteiger partial charge in [0.15, 0.2) is 5.69 Å². The summed E-state index contributed by atoms with van der Waals surface area (Å²) in [6, 6.07) is 10.5. The van der Waals surface area contributed by atoms with Crippen LogP contribution >= 0.6 is 0 Å². The molecule has 3 aromatic rings. The zero-order chi connectivity index (χ0) is 20.8. The zero-order valence-electron chi connectivity index (χ0n) is 15.5. The summed E-state index contributed by atoms with van der Waals surface area (Å²) in [6.45, 7) is 2.22. The highest BCUT2D eigenvalue weighted by molar-refractivity contribution is 6.07. The summed E-state index contributed by atoms with van der Waals surface area (Å²) in [5.41, 5.74) is 0.272. The van der Waals surface area contributed by atoms with E-state index in [9.17, 15) is 22.4 Å². The third kappa shape index (κ3) is 3.39. The molecule has 1 aromatic heterocycles. The van der Waals surface area contributed by atoms with Gasteiger partial charge in [-0.05, 0) is 43.5 Å². The third-order valence-corrected chi connectivity index (χ3v) is 4.95. The number of anilines is 1. The molecule has 0 aliphatic carbocycles. The monoisotopic (exact) mass is 403 g/mol. The first-order valence-corrected chi connectivity index (χ1v) is 9.09. The van der Waals surface area contributed by atoms with E-state index in [-0.39, 0.29) is 5.69 Å². The Morgan fingerprint density at radius 1 is 1.10 bits per heavy atom. The molecule has 2 heterocycles. The molecule has 0 saturated carbocycles. The molecule has 1 aliphatic rings. The second kappa shape index (κ2) is 7.02. The van der Waals surface area contributed by atoms with Gasteiger partial charge in [-0.15, -0.1) is 0 Å². The summed E-state index contributed by atoms with van der Waals surface area (Å²) in [5, 5.41) is 3.71. The lowest BCUT2D eigenvalue weighted by molar-refractivity contribution is -0.143. The zero-order valence-corrected chi connectivity index (χ0v) is 15.5. The van der Waals surface area contributed by atoms with Gasteiger partial charge in [0.2, 0.25) is 0 Å². The Kier molecular flexibility index (Phi) is 4.64. The molecule has 0 saturated heterocycles. The van der Waals surface area contributed by atoms with Crippen LogP contribution in [0.2, 0.25) is 0 Å². The first-order valence-electron chi connectivity index (χ1n) is 9.09. The normalized spacial score (nSPS) is 14.0. The number of benzene rings is 2. The SMILES string of the molecule is Cc1ccc2c(c1)CCCN2C(=O)c1cnn(-c2ccccc2F)c1C(F)(F)F. The van der Waals surface area contributed by atoms with Crippen LogP contribution in [0.5, 0.6) is 0 Å². The summed E-state index contributed by atoms with van der Waals surface area (Å²) in [7, 11) is 0. The summed E-state index contributed by atoms with van der Waals surface area (Å²) in [4.78, 5) is 14.5. The maximum absolute atomic E-state index is 14.1. The first-order chi connectivity index (χ1) is 13.8. The van der Waals surface area contributed by atoms with Gasteiger partial charge in [0.1, 0.15) is 11.5 Å². The number of para-hydroxylation sites is 1. The molecule has 0 spiro atoms. The fourth-order valence-electron chi connectivity index (χ4n) is 3.67. The van der Waals surface area contributed by atoms with Crippen LogP contribution in [-0.2, 0) is 12.6 Å². The van der Waals surface area contributed by atoms with Crippen molar-refractivity contribution >= 4 is 11.6 Å². The van der Waals surface area contributed by atoms with E-state index in [4.69, 9.17) is 0 Å². The van der Waals surface area contributed by atoms with Crippen molar-refractivity contribution in [3.63, 3.8) is 0 Å². The number of amides is 1. The van der Waals surface area contributed by atoms with Crippen molar-refractivity contribution in [3.8, 4) is 5.69 Å². The van der Waals surface area contributed by atoms with E-state index in [0.717, 1.165) is 29.8 Å². The van der Waals surface area contributed by atoms with Crippen LogP contribution in [-0.4, -0.2) is 22.2 Å². The quantitative estimate of drug-likeness (QED) is 0.569. The Balaban J connectivity index is 1.83. The van der Waals surface area contributed by atoms with Crippen LogP contribution < -0.4 is 4.90 Å². The number of fused-ring (bicyclic) bond motifs is 1. The number of halogens is 4. The number of aromatic nitrogens is 2. The van der Waals surface area contributed by atoms with E-state index in [1.54, 1.807) is 6.07 Å². The summed E-state index contributed by atoms with van der Waals surface area (Å²) in [6.07, 6.45) is -2.64. The van der Waals surface area contributed by atoms with Crippen molar-refractivity contribution in [3.05, 3.63) is 76.9 Å². The molecule has 0 radical (unpaired) electrons. The second-order valence-electron chi connectivity index (χ2n) is 6.96. The van der Waals surface area contributed by atoms with E-state index >= 15 is 0 Å². The molecule has 4 rings (SSSR count). The molecule has 4 nitrogen and oxygen atoms in total. The van der Waals surface area contributed by atoms with Gasteiger partial charge in [-0.2, -0.15) is 18.3 Å². The average Bonchev–Trinajstić information content (AvgIpc) is 3.12. The number of carbonyl (C=O) groups excluding carboxylic acids is 1. The van der Waals surface area contributed by atoms with Crippen LogP contribution in [0.25, 0.3) is 5.69 Å². The number of aryl methyl sites for hydroxylation is 2. The highest BCUT2D eigenvalue weighted by Crippen LogP contribution is 2.36.